The van der Waals surface area contributed by atoms with Crippen molar-refractivity contribution in [3.05, 3.63) is 35.9 Å². The highest BCUT2D eigenvalue weighted by Crippen LogP contribution is 2.11. The normalized spacial score (nSPS) is 11.9. The maximum Gasteiger partial charge on any atom is 0.316 e. The van der Waals surface area contributed by atoms with Gasteiger partial charge in [0.05, 0.1) is 7.11 Å². The number of carbonyl (C=O) groups excluding carboxylic acids is 2. The molecule has 0 fully saturated rings. The predicted molar refractivity (Wildman–Crippen MR) is 56.3 cm³/mol. The fraction of sp³-hybridized carbons (Fsp3) is 0.333. The number of esters is 1. The number of hydrogen-bond acceptors (Lipinski definition) is 3. The summed E-state index contributed by atoms with van der Waals surface area (Å²) in [5, 5.41) is 0. The van der Waals surface area contributed by atoms with Gasteiger partial charge in [0.15, 0.2) is 0 Å². The first-order valence-electron chi connectivity index (χ1n) is 4.77. The second kappa shape index (κ2) is 5.29. The monoisotopic (exact) mass is 206 g/mol. The minimum atomic E-state index is -0.683. The van der Waals surface area contributed by atoms with Gasteiger partial charge in [-0.25, -0.2) is 0 Å². The van der Waals surface area contributed by atoms with Crippen LogP contribution in [0.25, 0.3) is 0 Å². The average molecular weight is 206 g/mol. The third-order valence-corrected chi connectivity index (χ3v) is 2.26. The summed E-state index contributed by atoms with van der Waals surface area (Å²) >= 11 is 0. The summed E-state index contributed by atoms with van der Waals surface area (Å²) in [6.07, 6.45) is 0.406. The van der Waals surface area contributed by atoms with E-state index >= 15 is 0 Å². The van der Waals surface area contributed by atoms with Crippen molar-refractivity contribution in [3.8, 4) is 0 Å². The molecule has 0 heterocycles. The molecule has 15 heavy (non-hydrogen) atoms. The number of hydrogen-bond donors (Lipinski definition) is 0. The third kappa shape index (κ3) is 3.20. The van der Waals surface area contributed by atoms with E-state index in [9.17, 15) is 9.59 Å². The van der Waals surface area contributed by atoms with Crippen molar-refractivity contribution < 1.29 is 14.3 Å². The smallest absolute Gasteiger partial charge is 0.316 e. The summed E-state index contributed by atoms with van der Waals surface area (Å²) in [6, 6.07) is 9.43. The van der Waals surface area contributed by atoms with Gasteiger partial charge in [-0.1, -0.05) is 30.3 Å². The quantitative estimate of drug-likeness (QED) is 0.555. The Hall–Kier alpha value is -1.64. The Bertz CT molecular complexity index is 343. The first kappa shape index (κ1) is 11.4. The molecular formula is C12H14O3. The maximum atomic E-state index is 11.3. The molecule has 0 aromatic heterocycles. The van der Waals surface area contributed by atoms with Crippen molar-refractivity contribution in [2.45, 2.75) is 13.3 Å². The van der Waals surface area contributed by atoms with Gasteiger partial charge in [-0.15, -0.1) is 0 Å². The van der Waals surface area contributed by atoms with Crippen LogP contribution in [0.5, 0.6) is 0 Å². The fourth-order valence-corrected chi connectivity index (χ4v) is 1.39. The summed E-state index contributed by atoms with van der Waals surface area (Å²) < 4.78 is 4.59. The zero-order valence-corrected chi connectivity index (χ0v) is 8.90. The molecule has 1 aromatic carbocycles. The third-order valence-electron chi connectivity index (χ3n) is 2.26. The molecule has 0 aliphatic rings. The van der Waals surface area contributed by atoms with E-state index in [2.05, 4.69) is 4.74 Å². The molecule has 1 atom stereocenters. The molecule has 0 radical (unpaired) electrons. The number of carbonyl (C=O) groups is 2. The second-order valence-corrected chi connectivity index (χ2v) is 3.38. The van der Waals surface area contributed by atoms with Crippen LogP contribution < -0.4 is 0 Å². The van der Waals surface area contributed by atoms with Crippen LogP contribution in [0.2, 0.25) is 0 Å². The summed E-state index contributed by atoms with van der Waals surface area (Å²) in [5.41, 5.74) is 0.961. The van der Waals surface area contributed by atoms with Crippen LogP contribution in [-0.2, 0) is 20.7 Å². The Labute approximate surface area is 89.1 Å². The maximum absolute atomic E-state index is 11.3. The molecule has 0 amide bonds. The molecule has 0 saturated heterocycles. The first-order chi connectivity index (χ1) is 7.15. The summed E-state index contributed by atoms with van der Waals surface area (Å²) in [7, 11) is 1.29. The van der Waals surface area contributed by atoms with Gasteiger partial charge in [0.2, 0.25) is 0 Å². The van der Waals surface area contributed by atoms with Crippen molar-refractivity contribution in [1.29, 1.82) is 0 Å². The largest absolute Gasteiger partial charge is 0.468 e. The van der Waals surface area contributed by atoms with Crippen LogP contribution in [-0.4, -0.2) is 18.9 Å². The molecule has 0 aliphatic carbocycles. The Balaban J connectivity index is 2.76. The number of methoxy groups -OCH3 is 1. The van der Waals surface area contributed by atoms with E-state index in [0.29, 0.717) is 6.42 Å². The molecule has 1 aromatic rings. The number of benzene rings is 1. The number of Topliss-reactive ketones (excluding diaryl/α,β-unsaturated/α-hetero) is 1. The highest BCUT2D eigenvalue weighted by molar-refractivity contribution is 5.97. The van der Waals surface area contributed by atoms with Gasteiger partial charge in [-0.05, 0) is 18.9 Å². The van der Waals surface area contributed by atoms with Crippen LogP contribution in [0.1, 0.15) is 12.5 Å². The van der Waals surface area contributed by atoms with Crippen molar-refractivity contribution in [2.24, 2.45) is 5.92 Å². The molecule has 0 spiro atoms. The number of rotatable bonds is 4. The van der Waals surface area contributed by atoms with E-state index in [-0.39, 0.29) is 5.78 Å². The van der Waals surface area contributed by atoms with Crippen molar-refractivity contribution in [3.63, 3.8) is 0 Å². The molecule has 0 aliphatic heterocycles. The number of ether oxygens (including phenoxy) is 1. The van der Waals surface area contributed by atoms with E-state index in [1.165, 1.54) is 14.0 Å². The van der Waals surface area contributed by atoms with Gasteiger partial charge in [-0.3, -0.25) is 9.59 Å². The second-order valence-electron chi connectivity index (χ2n) is 3.38. The van der Waals surface area contributed by atoms with Gasteiger partial charge < -0.3 is 4.74 Å². The Morgan fingerprint density at radius 1 is 1.27 bits per heavy atom. The van der Waals surface area contributed by atoms with Crippen LogP contribution in [0.3, 0.4) is 0 Å². The van der Waals surface area contributed by atoms with Crippen LogP contribution in [0.4, 0.5) is 0 Å². The average Bonchev–Trinajstić information content (AvgIpc) is 2.26. The Morgan fingerprint density at radius 2 is 1.87 bits per heavy atom. The molecule has 80 valence electrons. The van der Waals surface area contributed by atoms with Gasteiger partial charge in [0.25, 0.3) is 0 Å². The molecule has 0 bridgehead atoms. The van der Waals surface area contributed by atoms with E-state index in [1.54, 1.807) is 0 Å². The molecule has 3 heteroatoms. The standard InChI is InChI=1S/C12H14O3/c1-9(13)11(12(14)15-2)8-10-6-4-3-5-7-10/h3-7,11H,8H2,1-2H3/t11-/m0/s1. The van der Waals surface area contributed by atoms with Gasteiger partial charge in [-0.2, -0.15) is 0 Å². The Morgan fingerprint density at radius 3 is 2.33 bits per heavy atom. The van der Waals surface area contributed by atoms with Crippen molar-refractivity contribution >= 4 is 11.8 Å². The molecule has 0 saturated carbocycles. The zero-order valence-electron chi connectivity index (χ0n) is 8.90. The molecular weight excluding hydrogens is 192 g/mol. The van der Waals surface area contributed by atoms with Crippen LogP contribution in [0.15, 0.2) is 30.3 Å². The highest BCUT2D eigenvalue weighted by atomic mass is 16.5. The van der Waals surface area contributed by atoms with E-state index in [4.69, 9.17) is 0 Å². The summed E-state index contributed by atoms with van der Waals surface area (Å²) in [6.45, 7) is 1.41. The lowest BCUT2D eigenvalue weighted by Gasteiger charge is -2.10. The number of ketones is 1. The van der Waals surface area contributed by atoms with Crippen LogP contribution >= 0.6 is 0 Å². The zero-order chi connectivity index (χ0) is 11.3. The summed E-state index contributed by atoms with van der Waals surface area (Å²) in [4.78, 5) is 22.6. The SMILES string of the molecule is COC(=O)[C@@H](Cc1ccccc1)C(C)=O. The van der Waals surface area contributed by atoms with E-state index in [0.717, 1.165) is 5.56 Å². The topological polar surface area (TPSA) is 43.4 Å². The minimum absolute atomic E-state index is 0.161. The van der Waals surface area contributed by atoms with Crippen molar-refractivity contribution in [2.75, 3.05) is 7.11 Å². The summed E-state index contributed by atoms with van der Waals surface area (Å²) in [5.74, 6) is -1.31. The lowest BCUT2D eigenvalue weighted by Crippen LogP contribution is -2.25. The van der Waals surface area contributed by atoms with Crippen molar-refractivity contribution in [1.82, 2.24) is 0 Å². The molecule has 1 rings (SSSR count). The van der Waals surface area contributed by atoms with Crippen LogP contribution in [0, 0.1) is 5.92 Å². The lowest BCUT2D eigenvalue weighted by atomic mass is 9.96. The predicted octanol–water partition coefficient (Wildman–Crippen LogP) is 1.61. The van der Waals surface area contributed by atoms with Gasteiger partial charge >= 0.3 is 5.97 Å². The first-order valence-corrected chi connectivity index (χ1v) is 4.77. The van der Waals surface area contributed by atoms with E-state index < -0.39 is 11.9 Å². The minimum Gasteiger partial charge on any atom is -0.468 e. The highest BCUT2D eigenvalue weighted by Gasteiger charge is 2.24. The lowest BCUT2D eigenvalue weighted by molar-refractivity contribution is -0.148. The fourth-order valence-electron chi connectivity index (χ4n) is 1.39. The Kier molecular flexibility index (Phi) is 4.03. The molecule has 0 N–H and O–H groups in total. The molecule has 0 unspecified atom stereocenters. The van der Waals surface area contributed by atoms with Gasteiger partial charge in [0.1, 0.15) is 11.7 Å². The van der Waals surface area contributed by atoms with E-state index in [1.807, 2.05) is 30.3 Å². The molecule has 3 nitrogen and oxygen atoms in total. The van der Waals surface area contributed by atoms with Gasteiger partial charge in [0, 0.05) is 0 Å².